The average molecular weight is 173 g/mol. The van der Waals surface area contributed by atoms with Gasteiger partial charge in [-0.25, -0.2) is 0 Å². The van der Waals surface area contributed by atoms with Crippen LogP contribution in [-0.2, 0) is 14.3 Å². The fourth-order valence-electron chi connectivity index (χ4n) is 1.29. The average Bonchev–Trinajstić information content (AvgIpc) is 2.17. The molecule has 0 spiro atoms. The molecule has 1 atom stereocenters. The Morgan fingerprint density at radius 2 is 2.50 bits per heavy atom. The number of ketones is 1. The van der Waals surface area contributed by atoms with Crippen molar-refractivity contribution in [2.24, 2.45) is 0 Å². The summed E-state index contributed by atoms with van der Waals surface area (Å²) in [6.07, 6.45) is 0.440. The molecule has 0 amide bonds. The van der Waals surface area contributed by atoms with Gasteiger partial charge in [-0.3, -0.25) is 4.79 Å². The zero-order valence-corrected chi connectivity index (χ0v) is 7.55. The van der Waals surface area contributed by atoms with Crippen molar-refractivity contribution in [3.05, 3.63) is 0 Å². The highest BCUT2D eigenvalue weighted by molar-refractivity contribution is 5.86. The zero-order valence-electron chi connectivity index (χ0n) is 7.55. The Bertz CT molecular complexity index is 164. The highest BCUT2D eigenvalue weighted by atomic mass is 16.7. The molecule has 1 N–H and O–H groups in total. The van der Waals surface area contributed by atoms with Crippen molar-refractivity contribution < 1.29 is 14.3 Å². The third-order valence-corrected chi connectivity index (χ3v) is 2.05. The molecule has 1 rings (SSSR count). The fourth-order valence-corrected chi connectivity index (χ4v) is 1.29. The van der Waals surface area contributed by atoms with Crippen molar-refractivity contribution >= 4 is 5.78 Å². The first-order valence-electron chi connectivity index (χ1n) is 4.18. The summed E-state index contributed by atoms with van der Waals surface area (Å²) in [5.74, 6) is -1.02. The van der Waals surface area contributed by atoms with Gasteiger partial charge in [0.05, 0.1) is 13.2 Å². The topological polar surface area (TPSA) is 47.6 Å². The third kappa shape index (κ3) is 1.65. The van der Waals surface area contributed by atoms with E-state index in [0.717, 1.165) is 6.54 Å². The van der Waals surface area contributed by atoms with Gasteiger partial charge in [-0.05, 0) is 0 Å². The molecule has 70 valence electrons. The molecule has 1 aliphatic heterocycles. The Kier molecular flexibility index (Phi) is 3.20. The summed E-state index contributed by atoms with van der Waals surface area (Å²) in [5, 5.41) is 3.07. The summed E-state index contributed by atoms with van der Waals surface area (Å²) in [5.41, 5.74) is 0. The molecular formula is C8H15NO3. The van der Waals surface area contributed by atoms with Crippen molar-refractivity contribution in [1.82, 2.24) is 5.32 Å². The minimum Gasteiger partial charge on any atom is -0.346 e. The van der Waals surface area contributed by atoms with E-state index in [0.29, 0.717) is 19.6 Å². The molecule has 0 aromatic carbocycles. The number of ether oxygens (including phenoxy) is 2. The van der Waals surface area contributed by atoms with Crippen LogP contribution in [0.4, 0.5) is 0 Å². The number of hydrogen-bond acceptors (Lipinski definition) is 4. The molecule has 0 aliphatic carbocycles. The lowest BCUT2D eigenvalue weighted by Gasteiger charge is -2.34. The number of nitrogens with one attached hydrogen (secondary N) is 1. The van der Waals surface area contributed by atoms with Gasteiger partial charge in [0.25, 0.3) is 0 Å². The van der Waals surface area contributed by atoms with Crippen molar-refractivity contribution in [1.29, 1.82) is 0 Å². The van der Waals surface area contributed by atoms with Crippen LogP contribution < -0.4 is 5.32 Å². The molecule has 4 heteroatoms. The van der Waals surface area contributed by atoms with Gasteiger partial charge < -0.3 is 14.8 Å². The second kappa shape index (κ2) is 3.98. The summed E-state index contributed by atoms with van der Waals surface area (Å²) >= 11 is 0. The van der Waals surface area contributed by atoms with Crippen LogP contribution in [0.2, 0.25) is 0 Å². The minimum atomic E-state index is -1.02. The molecule has 0 aromatic heterocycles. The lowest BCUT2D eigenvalue weighted by atomic mass is 10.1. The monoisotopic (exact) mass is 173 g/mol. The largest absolute Gasteiger partial charge is 0.346 e. The predicted octanol–water partition coefficient (Wildman–Crippen LogP) is -0.0720. The highest BCUT2D eigenvalue weighted by Crippen LogP contribution is 2.16. The van der Waals surface area contributed by atoms with Crippen LogP contribution in [0, 0.1) is 0 Å². The third-order valence-electron chi connectivity index (χ3n) is 2.05. The van der Waals surface area contributed by atoms with Crippen LogP contribution in [0.3, 0.4) is 0 Å². The van der Waals surface area contributed by atoms with E-state index in [1.165, 1.54) is 7.11 Å². The van der Waals surface area contributed by atoms with Gasteiger partial charge in [-0.1, -0.05) is 6.92 Å². The second-order valence-corrected chi connectivity index (χ2v) is 2.76. The maximum Gasteiger partial charge on any atom is 0.241 e. The van der Waals surface area contributed by atoms with Gasteiger partial charge in [0.1, 0.15) is 0 Å². The van der Waals surface area contributed by atoms with E-state index >= 15 is 0 Å². The first kappa shape index (κ1) is 9.64. The summed E-state index contributed by atoms with van der Waals surface area (Å²) in [6.45, 7) is 3.57. The normalized spacial score (nSPS) is 30.2. The van der Waals surface area contributed by atoms with E-state index in [4.69, 9.17) is 9.47 Å². The molecule has 0 aromatic rings. The van der Waals surface area contributed by atoms with Gasteiger partial charge in [-0.2, -0.15) is 0 Å². The van der Waals surface area contributed by atoms with Crippen LogP contribution in [0.25, 0.3) is 0 Å². The van der Waals surface area contributed by atoms with Crippen molar-refractivity contribution in [2.45, 2.75) is 19.1 Å². The molecule has 4 nitrogen and oxygen atoms in total. The van der Waals surface area contributed by atoms with Crippen molar-refractivity contribution in [2.75, 3.05) is 26.8 Å². The highest BCUT2D eigenvalue weighted by Gasteiger charge is 2.39. The van der Waals surface area contributed by atoms with Gasteiger partial charge in [0, 0.05) is 20.1 Å². The molecule has 0 bridgehead atoms. The maximum absolute atomic E-state index is 11.4. The van der Waals surface area contributed by atoms with E-state index in [-0.39, 0.29) is 5.78 Å². The maximum atomic E-state index is 11.4. The second-order valence-electron chi connectivity index (χ2n) is 2.76. The van der Waals surface area contributed by atoms with E-state index < -0.39 is 5.79 Å². The number of carbonyl (C=O) groups excluding carboxylic acids is 1. The molecule has 0 radical (unpaired) electrons. The molecule has 1 aliphatic rings. The number of morpholine rings is 1. The Hall–Kier alpha value is -0.450. The molecule has 1 unspecified atom stereocenters. The molecule has 12 heavy (non-hydrogen) atoms. The molecule has 1 heterocycles. The predicted molar refractivity (Wildman–Crippen MR) is 43.9 cm³/mol. The van der Waals surface area contributed by atoms with Gasteiger partial charge in [-0.15, -0.1) is 0 Å². The Labute approximate surface area is 72.2 Å². The fraction of sp³-hybridized carbons (Fsp3) is 0.875. The van der Waals surface area contributed by atoms with Gasteiger partial charge in [0.15, 0.2) is 5.78 Å². The van der Waals surface area contributed by atoms with Crippen LogP contribution in [0.15, 0.2) is 0 Å². The number of Topliss-reactive ketones (excluding diaryl/α,β-unsaturated/α-hetero) is 1. The standard InChI is InChI=1S/C8H15NO3/c1-3-7(10)8(11-2)6-9-4-5-12-8/h9H,3-6H2,1-2H3. The van der Waals surface area contributed by atoms with Crippen LogP contribution >= 0.6 is 0 Å². The quantitative estimate of drug-likeness (QED) is 0.649. The zero-order chi connectivity index (χ0) is 9.03. The Morgan fingerprint density at radius 3 is 2.92 bits per heavy atom. The van der Waals surface area contributed by atoms with Gasteiger partial charge >= 0.3 is 0 Å². The number of hydrogen-bond donors (Lipinski definition) is 1. The summed E-state index contributed by atoms with van der Waals surface area (Å²) < 4.78 is 10.4. The summed E-state index contributed by atoms with van der Waals surface area (Å²) in [6, 6.07) is 0. The van der Waals surface area contributed by atoms with E-state index in [2.05, 4.69) is 5.32 Å². The molecular weight excluding hydrogens is 158 g/mol. The lowest BCUT2D eigenvalue weighted by Crippen LogP contribution is -2.56. The van der Waals surface area contributed by atoms with Crippen molar-refractivity contribution in [3.8, 4) is 0 Å². The number of methoxy groups -OCH3 is 1. The number of rotatable bonds is 3. The minimum absolute atomic E-state index is 0.00259. The van der Waals surface area contributed by atoms with E-state index in [1.807, 2.05) is 0 Å². The molecule has 0 saturated carbocycles. The van der Waals surface area contributed by atoms with Crippen LogP contribution in [0.5, 0.6) is 0 Å². The first-order chi connectivity index (χ1) is 5.75. The van der Waals surface area contributed by atoms with E-state index in [9.17, 15) is 4.79 Å². The SMILES string of the molecule is CCC(=O)C1(OC)CNCCO1. The summed E-state index contributed by atoms with van der Waals surface area (Å²) in [4.78, 5) is 11.4. The van der Waals surface area contributed by atoms with Crippen LogP contribution in [0.1, 0.15) is 13.3 Å². The Morgan fingerprint density at radius 1 is 1.75 bits per heavy atom. The smallest absolute Gasteiger partial charge is 0.241 e. The van der Waals surface area contributed by atoms with Crippen molar-refractivity contribution in [3.63, 3.8) is 0 Å². The molecule has 1 fully saturated rings. The van der Waals surface area contributed by atoms with Crippen LogP contribution in [-0.4, -0.2) is 38.4 Å². The van der Waals surface area contributed by atoms with E-state index in [1.54, 1.807) is 6.92 Å². The number of carbonyl (C=O) groups is 1. The molecule has 1 saturated heterocycles. The first-order valence-corrected chi connectivity index (χ1v) is 4.18. The van der Waals surface area contributed by atoms with Gasteiger partial charge in [0.2, 0.25) is 5.79 Å². The Balaban J connectivity index is 2.66. The lowest BCUT2D eigenvalue weighted by molar-refractivity contribution is -0.224. The summed E-state index contributed by atoms with van der Waals surface area (Å²) in [7, 11) is 1.50.